The summed E-state index contributed by atoms with van der Waals surface area (Å²) < 4.78 is 15.6. The molecule has 0 fully saturated rings. The minimum atomic E-state index is -0.432. The predicted octanol–water partition coefficient (Wildman–Crippen LogP) is 1.91. The molecule has 0 aliphatic carbocycles. The standard InChI is InChI=1S/C13H15NO5/c1-4-14-13(16)8-9(15)12(18-3)11-7(5-6-19-11)10(8)17-2/h5-6,15H,4H2,1-3H3,(H,14,16). The molecule has 102 valence electrons. The van der Waals surface area contributed by atoms with E-state index >= 15 is 0 Å². The fraction of sp³-hybridized carbons (Fsp3) is 0.308. The number of amides is 1. The SMILES string of the molecule is CCNC(=O)c1c(O)c(OC)c2occc2c1OC. The second-order valence-electron chi connectivity index (χ2n) is 3.81. The maximum absolute atomic E-state index is 12.0. The molecule has 1 aromatic carbocycles. The molecule has 0 atom stereocenters. The first-order valence-corrected chi connectivity index (χ1v) is 5.77. The summed E-state index contributed by atoms with van der Waals surface area (Å²) in [6.07, 6.45) is 1.44. The molecule has 1 heterocycles. The van der Waals surface area contributed by atoms with Gasteiger partial charge in [0.2, 0.25) is 5.75 Å². The summed E-state index contributed by atoms with van der Waals surface area (Å²) in [7, 11) is 2.82. The third kappa shape index (κ3) is 1.95. The van der Waals surface area contributed by atoms with Crippen LogP contribution in [-0.4, -0.2) is 31.8 Å². The van der Waals surface area contributed by atoms with Gasteiger partial charge in [-0.05, 0) is 13.0 Å². The van der Waals surface area contributed by atoms with E-state index in [2.05, 4.69) is 5.32 Å². The summed E-state index contributed by atoms with van der Waals surface area (Å²) in [5.74, 6) is -0.360. The first kappa shape index (κ1) is 13.1. The summed E-state index contributed by atoms with van der Waals surface area (Å²) in [6.45, 7) is 2.22. The lowest BCUT2D eigenvalue weighted by Crippen LogP contribution is -2.23. The van der Waals surface area contributed by atoms with Gasteiger partial charge in [0.25, 0.3) is 5.91 Å². The minimum Gasteiger partial charge on any atom is -0.504 e. The number of phenols is 1. The average molecular weight is 265 g/mol. The van der Waals surface area contributed by atoms with Crippen molar-refractivity contribution in [2.45, 2.75) is 6.92 Å². The normalized spacial score (nSPS) is 10.5. The lowest BCUT2D eigenvalue weighted by atomic mass is 10.1. The fourth-order valence-corrected chi connectivity index (χ4v) is 1.99. The summed E-state index contributed by atoms with van der Waals surface area (Å²) in [5, 5.41) is 13.4. The van der Waals surface area contributed by atoms with Gasteiger partial charge < -0.3 is 24.3 Å². The number of furan rings is 1. The van der Waals surface area contributed by atoms with Gasteiger partial charge in [0.05, 0.1) is 25.9 Å². The molecular formula is C13H15NO5. The Hall–Kier alpha value is -2.37. The number of rotatable bonds is 4. The number of carbonyl (C=O) groups is 1. The van der Waals surface area contributed by atoms with Crippen molar-refractivity contribution in [2.24, 2.45) is 0 Å². The number of phenolic OH excluding ortho intramolecular Hbond substituents is 1. The van der Waals surface area contributed by atoms with Crippen molar-refractivity contribution in [1.29, 1.82) is 0 Å². The van der Waals surface area contributed by atoms with Crippen LogP contribution in [0.1, 0.15) is 17.3 Å². The van der Waals surface area contributed by atoms with Gasteiger partial charge in [0.1, 0.15) is 11.3 Å². The van der Waals surface area contributed by atoms with E-state index in [1.54, 1.807) is 13.0 Å². The average Bonchev–Trinajstić information content (AvgIpc) is 2.86. The van der Waals surface area contributed by atoms with Crippen LogP contribution in [0.25, 0.3) is 11.0 Å². The number of hydrogen-bond donors (Lipinski definition) is 2. The molecule has 2 rings (SSSR count). The molecule has 6 heteroatoms. The third-order valence-electron chi connectivity index (χ3n) is 2.77. The Morgan fingerprint density at radius 1 is 1.37 bits per heavy atom. The fourth-order valence-electron chi connectivity index (χ4n) is 1.99. The van der Waals surface area contributed by atoms with E-state index in [0.29, 0.717) is 17.5 Å². The van der Waals surface area contributed by atoms with Crippen LogP contribution in [0.15, 0.2) is 16.7 Å². The van der Waals surface area contributed by atoms with Gasteiger partial charge in [-0.3, -0.25) is 4.79 Å². The second kappa shape index (κ2) is 5.09. The van der Waals surface area contributed by atoms with E-state index in [4.69, 9.17) is 13.9 Å². The maximum atomic E-state index is 12.0. The monoisotopic (exact) mass is 265 g/mol. The predicted molar refractivity (Wildman–Crippen MR) is 69.0 cm³/mol. The van der Waals surface area contributed by atoms with Crippen molar-refractivity contribution in [3.05, 3.63) is 17.9 Å². The van der Waals surface area contributed by atoms with Gasteiger partial charge in [-0.1, -0.05) is 0 Å². The number of fused-ring (bicyclic) bond motifs is 1. The van der Waals surface area contributed by atoms with E-state index in [9.17, 15) is 9.90 Å². The first-order valence-electron chi connectivity index (χ1n) is 5.77. The Kier molecular flexibility index (Phi) is 3.50. The molecule has 0 bridgehead atoms. The van der Waals surface area contributed by atoms with Crippen LogP contribution in [0.3, 0.4) is 0 Å². The molecule has 0 aliphatic heterocycles. The zero-order valence-corrected chi connectivity index (χ0v) is 10.9. The van der Waals surface area contributed by atoms with Gasteiger partial charge in [-0.15, -0.1) is 0 Å². The van der Waals surface area contributed by atoms with Crippen LogP contribution in [0.5, 0.6) is 17.2 Å². The molecule has 6 nitrogen and oxygen atoms in total. The van der Waals surface area contributed by atoms with Crippen LogP contribution in [-0.2, 0) is 0 Å². The summed E-state index contributed by atoms with van der Waals surface area (Å²) >= 11 is 0. The number of aromatic hydroxyl groups is 1. The minimum absolute atomic E-state index is 0.0371. The molecule has 2 N–H and O–H groups in total. The molecular weight excluding hydrogens is 250 g/mol. The van der Waals surface area contributed by atoms with Gasteiger partial charge >= 0.3 is 0 Å². The molecule has 0 unspecified atom stereocenters. The number of carbonyl (C=O) groups excluding carboxylic acids is 1. The number of nitrogens with one attached hydrogen (secondary N) is 1. The van der Waals surface area contributed by atoms with Crippen LogP contribution >= 0.6 is 0 Å². The van der Waals surface area contributed by atoms with Gasteiger partial charge in [-0.2, -0.15) is 0 Å². The highest BCUT2D eigenvalue weighted by atomic mass is 16.5. The quantitative estimate of drug-likeness (QED) is 0.882. The Bertz CT molecular complexity index is 617. The molecule has 1 amide bonds. The zero-order valence-electron chi connectivity index (χ0n) is 10.9. The molecule has 19 heavy (non-hydrogen) atoms. The van der Waals surface area contributed by atoms with E-state index in [1.165, 1.54) is 20.5 Å². The Balaban J connectivity index is 2.80. The highest BCUT2D eigenvalue weighted by Crippen LogP contribution is 2.45. The molecule has 0 spiro atoms. The van der Waals surface area contributed by atoms with Crippen LogP contribution in [0.2, 0.25) is 0 Å². The molecule has 0 radical (unpaired) electrons. The lowest BCUT2D eigenvalue weighted by Gasteiger charge is -2.14. The Labute approximate surface area is 109 Å². The van der Waals surface area contributed by atoms with Crippen molar-refractivity contribution >= 4 is 16.9 Å². The molecule has 0 aliphatic rings. The zero-order chi connectivity index (χ0) is 14.0. The van der Waals surface area contributed by atoms with Crippen molar-refractivity contribution in [2.75, 3.05) is 20.8 Å². The van der Waals surface area contributed by atoms with E-state index in [-0.39, 0.29) is 22.8 Å². The largest absolute Gasteiger partial charge is 0.504 e. The van der Waals surface area contributed by atoms with Gasteiger partial charge in [0.15, 0.2) is 11.3 Å². The second-order valence-corrected chi connectivity index (χ2v) is 3.81. The van der Waals surface area contributed by atoms with Gasteiger partial charge in [0, 0.05) is 6.54 Å². The molecule has 1 aromatic heterocycles. The number of methoxy groups -OCH3 is 2. The Morgan fingerprint density at radius 2 is 2.05 bits per heavy atom. The number of benzene rings is 1. The van der Waals surface area contributed by atoms with E-state index in [1.807, 2.05) is 0 Å². The first-order chi connectivity index (χ1) is 9.15. The third-order valence-corrected chi connectivity index (χ3v) is 2.77. The Morgan fingerprint density at radius 3 is 2.63 bits per heavy atom. The van der Waals surface area contributed by atoms with Crippen LogP contribution in [0.4, 0.5) is 0 Å². The van der Waals surface area contributed by atoms with Gasteiger partial charge in [-0.25, -0.2) is 0 Å². The lowest BCUT2D eigenvalue weighted by molar-refractivity contribution is 0.0949. The molecule has 2 aromatic rings. The summed E-state index contributed by atoms with van der Waals surface area (Å²) in [4.78, 5) is 12.0. The summed E-state index contributed by atoms with van der Waals surface area (Å²) in [5.41, 5.74) is 0.375. The van der Waals surface area contributed by atoms with Crippen LogP contribution in [0, 0.1) is 0 Å². The highest BCUT2D eigenvalue weighted by molar-refractivity contribution is 6.08. The van der Waals surface area contributed by atoms with Crippen molar-refractivity contribution in [3.63, 3.8) is 0 Å². The number of ether oxygens (including phenoxy) is 2. The summed E-state index contributed by atoms with van der Waals surface area (Å²) in [6, 6.07) is 1.65. The van der Waals surface area contributed by atoms with Crippen molar-refractivity contribution in [1.82, 2.24) is 5.32 Å². The number of hydrogen-bond acceptors (Lipinski definition) is 5. The van der Waals surface area contributed by atoms with E-state index in [0.717, 1.165) is 0 Å². The molecule has 0 saturated heterocycles. The van der Waals surface area contributed by atoms with Crippen molar-refractivity contribution in [3.8, 4) is 17.2 Å². The van der Waals surface area contributed by atoms with Crippen molar-refractivity contribution < 1.29 is 23.8 Å². The highest BCUT2D eigenvalue weighted by Gasteiger charge is 2.26. The smallest absolute Gasteiger partial charge is 0.259 e. The topological polar surface area (TPSA) is 80.9 Å². The van der Waals surface area contributed by atoms with Crippen LogP contribution < -0.4 is 14.8 Å². The maximum Gasteiger partial charge on any atom is 0.259 e. The molecule has 0 saturated carbocycles. The van der Waals surface area contributed by atoms with E-state index < -0.39 is 5.91 Å².